The molecule has 106 valence electrons. The van der Waals surface area contributed by atoms with Gasteiger partial charge in [-0.05, 0) is 18.2 Å². The molecule has 0 atom stereocenters. The van der Waals surface area contributed by atoms with Gasteiger partial charge in [0.25, 0.3) is 0 Å². The molecule has 0 spiro atoms. The molecular weight excluding hydrogens is 276 g/mol. The smallest absolute Gasteiger partial charge is 0.329 e. The minimum absolute atomic E-state index is 0.0489. The van der Waals surface area contributed by atoms with Crippen LogP contribution in [0.1, 0.15) is 5.89 Å². The molecule has 3 aromatic rings. The molecule has 0 saturated heterocycles. The van der Waals surface area contributed by atoms with Crippen molar-refractivity contribution in [2.45, 2.75) is 6.61 Å². The van der Waals surface area contributed by atoms with E-state index in [0.717, 1.165) is 11.0 Å². The van der Waals surface area contributed by atoms with Gasteiger partial charge in [0.15, 0.2) is 0 Å². The highest BCUT2D eigenvalue weighted by Crippen LogP contribution is 2.21. The Hall–Kier alpha value is -2.87. The topological polar surface area (TPSA) is 111 Å². The Labute approximate surface area is 118 Å². The van der Waals surface area contributed by atoms with Crippen LogP contribution in [0.5, 0.6) is 0 Å². The van der Waals surface area contributed by atoms with Crippen molar-refractivity contribution in [1.29, 1.82) is 0 Å². The molecule has 21 heavy (non-hydrogen) atoms. The second-order valence-corrected chi connectivity index (χ2v) is 4.15. The molecule has 8 heteroatoms. The summed E-state index contributed by atoms with van der Waals surface area (Å²) in [4.78, 5) is 18.7. The molecule has 0 fully saturated rings. The summed E-state index contributed by atoms with van der Waals surface area (Å²) in [7, 11) is 0. The van der Waals surface area contributed by atoms with Crippen molar-refractivity contribution < 1.29 is 19.1 Å². The SMILES string of the molecule is O=C(O)COCc1nnc(-c2ccc3nccnc3c2)o1. The molecule has 1 aromatic carbocycles. The van der Waals surface area contributed by atoms with Gasteiger partial charge in [0.05, 0.1) is 11.0 Å². The van der Waals surface area contributed by atoms with Gasteiger partial charge in [-0.15, -0.1) is 10.2 Å². The monoisotopic (exact) mass is 286 g/mol. The van der Waals surface area contributed by atoms with Gasteiger partial charge in [-0.25, -0.2) is 4.79 Å². The Morgan fingerprint density at radius 1 is 1.19 bits per heavy atom. The first-order chi connectivity index (χ1) is 10.2. The molecule has 0 saturated carbocycles. The summed E-state index contributed by atoms with van der Waals surface area (Å²) in [6.07, 6.45) is 3.22. The fourth-order valence-corrected chi connectivity index (χ4v) is 1.75. The van der Waals surface area contributed by atoms with E-state index in [4.69, 9.17) is 14.3 Å². The number of rotatable bonds is 5. The maximum absolute atomic E-state index is 10.3. The zero-order valence-corrected chi connectivity index (χ0v) is 10.8. The van der Waals surface area contributed by atoms with Crippen LogP contribution in [0.25, 0.3) is 22.5 Å². The van der Waals surface area contributed by atoms with Crippen molar-refractivity contribution in [1.82, 2.24) is 20.2 Å². The molecule has 0 radical (unpaired) electrons. The van der Waals surface area contributed by atoms with Gasteiger partial charge >= 0.3 is 5.97 Å². The highest BCUT2D eigenvalue weighted by molar-refractivity contribution is 5.79. The molecule has 0 aliphatic heterocycles. The number of nitrogens with zero attached hydrogens (tertiary/aromatic N) is 4. The van der Waals surface area contributed by atoms with Crippen LogP contribution in [0.4, 0.5) is 0 Å². The molecule has 0 amide bonds. The molecule has 2 aromatic heterocycles. The molecule has 2 heterocycles. The number of carboxylic acid groups (broad SMARTS) is 1. The first-order valence-electron chi connectivity index (χ1n) is 6.05. The van der Waals surface area contributed by atoms with Crippen molar-refractivity contribution in [2.24, 2.45) is 0 Å². The average molecular weight is 286 g/mol. The fourth-order valence-electron chi connectivity index (χ4n) is 1.75. The molecule has 3 rings (SSSR count). The van der Waals surface area contributed by atoms with Crippen LogP contribution in [0, 0.1) is 0 Å². The van der Waals surface area contributed by atoms with Gasteiger partial charge in [0.2, 0.25) is 11.8 Å². The highest BCUT2D eigenvalue weighted by Gasteiger charge is 2.10. The predicted octanol–water partition coefficient (Wildman–Crippen LogP) is 1.28. The number of aromatic nitrogens is 4. The van der Waals surface area contributed by atoms with Gasteiger partial charge in [-0.2, -0.15) is 0 Å². The van der Waals surface area contributed by atoms with E-state index >= 15 is 0 Å². The lowest BCUT2D eigenvalue weighted by molar-refractivity contribution is -0.142. The minimum Gasteiger partial charge on any atom is -0.480 e. The van der Waals surface area contributed by atoms with Crippen LogP contribution in [-0.2, 0) is 16.1 Å². The molecule has 8 nitrogen and oxygen atoms in total. The third-order valence-electron chi connectivity index (χ3n) is 2.63. The molecule has 0 bridgehead atoms. The predicted molar refractivity (Wildman–Crippen MR) is 70.1 cm³/mol. The maximum Gasteiger partial charge on any atom is 0.329 e. The van der Waals surface area contributed by atoms with Crippen molar-refractivity contribution in [3.8, 4) is 11.5 Å². The number of carbonyl (C=O) groups is 1. The van der Waals surface area contributed by atoms with E-state index in [1.807, 2.05) is 6.07 Å². The Kier molecular flexibility index (Phi) is 3.52. The first kappa shape index (κ1) is 13.1. The van der Waals surface area contributed by atoms with Crippen molar-refractivity contribution in [3.63, 3.8) is 0 Å². The summed E-state index contributed by atoms with van der Waals surface area (Å²) in [5.74, 6) is -0.523. The Bertz CT molecular complexity index is 786. The van der Waals surface area contributed by atoms with Gasteiger partial charge in [0.1, 0.15) is 13.2 Å². The first-order valence-corrected chi connectivity index (χ1v) is 6.05. The summed E-state index contributed by atoms with van der Waals surface area (Å²) in [6, 6.07) is 5.40. The van der Waals surface area contributed by atoms with Crippen molar-refractivity contribution in [2.75, 3.05) is 6.61 Å². The third-order valence-corrected chi connectivity index (χ3v) is 2.63. The largest absolute Gasteiger partial charge is 0.480 e. The number of hydrogen-bond acceptors (Lipinski definition) is 7. The Morgan fingerprint density at radius 3 is 2.81 bits per heavy atom. The van der Waals surface area contributed by atoms with Gasteiger partial charge in [0, 0.05) is 18.0 Å². The zero-order valence-electron chi connectivity index (χ0n) is 10.8. The Balaban J connectivity index is 1.79. The van der Waals surface area contributed by atoms with Crippen molar-refractivity contribution >= 4 is 17.0 Å². The van der Waals surface area contributed by atoms with Gasteiger partial charge in [-0.1, -0.05) is 0 Å². The summed E-state index contributed by atoms with van der Waals surface area (Å²) >= 11 is 0. The summed E-state index contributed by atoms with van der Waals surface area (Å²) < 4.78 is 10.3. The summed E-state index contributed by atoms with van der Waals surface area (Å²) in [5.41, 5.74) is 2.20. The summed E-state index contributed by atoms with van der Waals surface area (Å²) in [5, 5.41) is 16.2. The van der Waals surface area contributed by atoms with E-state index in [-0.39, 0.29) is 12.5 Å². The molecular formula is C13H10N4O4. The molecule has 0 unspecified atom stereocenters. The van der Waals surface area contributed by atoms with E-state index in [2.05, 4.69) is 20.2 Å². The van der Waals surface area contributed by atoms with Crippen LogP contribution in [-0.4, -0.2) is 37.8 Å². The fraction of sp³-hybridized carbons (Fsp3) is 0.154. The summed E-state index contributed by atoms with van der Waals surface area (Å²) in [6.45, 7) is -0.462. The number of benzene rings is 1. The normalized spacial score (nSPS) is 10.9. The number of aliphatic carboxylic acids is 1. The van der Waals surface area contributed by atoms with Crippen LogP contribution < -0.4 is 0 Å². The van der Waals surface area contributed by atoms with E-state index in [1.165, 1.54) is 0 Å². The van der Waals surface area contributed by atoms with Crippen molar-refractivity contribution in [3.05, 3.63) is 36.5 Å². The minimum atomic E-state index is -1.05. The lowest BCUT2D eigenvalue weighted by Gasteiger charge is -1.98. The van der Waals surface area contributed by atoms with E-state index in [1.54, 1.807) is 24.5 Å². The van der Waals surface area contributed by atoms with Gasteiger partial charge in [-0.3, -0.25) is 9.97 Å². The second kappa shape index (κ2) is 5.63. The van der Waals surface area contributed by atoms with Gasteiger partial charge < -0.3 is 14.3 Å². The lowest BCUT2D eigenvalue weighted by atomic mass is 10.2. The second-order valence-electron chi connectivity index (χ2n) is 4.15. The number of ether oxygens (including phenoxy) is 1. The van der Waals surface area contributed by atoms with Crippen LogP contribution in [0.3, 0.4) is 0 Å². The average Bonchev–Trinajstić information content (AvgIpc) is 2.95. The van der Waals surface area contributed by atoms with E-state index in [9.17, 15) is 4.79 Å². The molecule has 0 aliphatic carbocycles. The molecule has 0 aliphatic rings. The maximum atomic E-state index is 10.3. The quantitative estimate of drug-likeness (QED) is 0.746. The van der Waals surface area contributed by atoms with E-state index in [0.29, 0.717) is 11.5 Å². The highest BCUT2D eigenvalue weighted by atomic mass is 16.5. The number of carboxylic acids is 1. The van der Waals surface area contributed by atoms with Crippen LogP contribution in [0.2, 0.25) is 0 Å². The third kappa shape index (κ3) is 3.00. The zero-order chi connectivity index (χ0) is 14.7. The Morgan fingerprint density at radius 2 is 2.00 bits per heavy atom. The van der Waals surface area contributed by atoms with Crippen LogP contribution in [0.15, 0.2) is 35.0 Å². The lowest BCUT2D eigenvalue weighted by Crippen LogP contribution is -2.06. The molecule has 1 N–H and O–H groups in total. The van der Waals surface area contributed by atoms with Crippen LogP contribution >= 0.6 is 0 Å². The van der Waals surface area contributed by atoms with E-state index < -0.39 is 12.6 Å². The standard InChI is InChI=1S/C13H10N4O4/c18-12(19)7-20-6-11-16-17-13(21-11)8-1-2-9-10(5-8)15-4-3-14-9/h1-5H,6-7H2,(H,18,19). The number of hydrogen-bond donors (Lipinski definition) is 1. The number of fused-ring (bicyclic) bond motifs is 1.